The second kappa shape index (κ2) is 19.1. The van der Waals surface area contributed by atoms with Crippen LogP contribution in [0.3, 0.4) is 0 Å². The molecule has 0 saturated carbocycles. The van der Waals surface area contributed by atoms with Gasteiger partial charge in [-0.2, -0.15) is 0 Å². The first-order valence-electron chi connectivity index (χ1n) is 17.2. The van der Waals surface area contributed by atoms with E-state index in [1.165, 1.54) is 0 Å². The number of rotatable bonds is 20. The normalized spacial score (nSPS) is 15.4. The Balaban J connectivity index is 2.19. The van der Waals surface area contributed by atoms with Crippen LogP contribution in [0.2, 0.25) is 0 Å². The van der Waals surface area contributed by atoms with Crippen LogP contribution >= 0.6 is 0 Å². The smallest absolute Gasteiger partial charge is 0.261 e. The lowest BCUT2D eigenvalue weighted by molar-refractivity contribution is -0.123. The van der Waals surface area contributed by atoms with Crippen LogP contribution in [-0.4, -0.2) is 98.6 Å². The summed E-state index contributed by atoms with van der Waals surface area (Å²) in [5, 5.41) is 2.58. The Morgan fingerprint density at radius 2 is 1.06 bits per heavy atom. The van der Waals surface area contributed by atoms with E-state index in [9.17, 15) is 9.59 Å². The van der Waals surface area contributed by atoms with E-state index in [0.717, 1.165) is 65.0 Å². The lowest BCUT2D eigenvalue weighted by atomic mass is 9.92. The number of carbonyl (C=O) groups is 2. The van der Waals surface area contributed by atoms with Crippen LogP contribution < -0.4 is 14.8 Å². The van der Waals surface area contributed by atoms with E-state index in [-0.39, 0.29) is 23.2 Å². The van der Waals surface area contributed by atoms with Crippen LogP contribution in [0.5, 0.6) is 11.5 Å². The van der Waals surface area contributed by atoms with Crippen LogP contribution in [0.1, 0.15) is 78.4 Å². The number of amides is 2. The van der Waals surface area contributed by atoms with Gasteiger partial charge in [-0.1, -0.05) is 52.0 Å². The molecule has 1 aliphatic rings. The summed E-state index contributed by atoms with van der Waals surface area (Å²) >= 11 is 0. The largest absolute Gasteiger partial charge is 0.497 e. The van der Waals surface area contributed by atoms with E-state index >= 15 is 0 Å². The summed E-state index contributed by atoms with van der Waals surface area (Å²) in [7, 11) is 3.22. The van der Waals surface area contributed by atoms with E-state index < -0.39 is 11.8 Å². The summed E-state index contributed by atoms with van der Waals surface area (Å²) in [6.07, 6.45) is 3.61. The topological polar surface area (TPSA) is 95.8 Å². The molecule has 3 rings (SSSR count). The van der Waals surface area contributed by atoms with Gasteiger partial charge in [-0.15, -0.1) is 0 Å². The SMILES string of the molecule is CCN(CC)CCCC(C)N=C(C1=C(C(=NC(C)CCCN(CC)CC)c2cccc(OC)c2)C(=O)NC1=O)c1cccc(OC)c1. The van der Waals surface area contributed by atoms with Gasteiger partial charge in [0.25, 0.3) is 11.8 Å². The fourth-order valence-corrected chi connectivity index (χ4v) is 5.88. The lowest BCUT2D eigenvalue weighted by Gasteiger charge is -2.19. The molecule has 0 aromatic heterocycles. The second-order valence-corrected chi connectivity index (χ2v) is 12.0. The number of methoxy groups -OCH3 is 2. The molecule has 0 bridgehead atoms. The Bertz CT molecular complexity index is 1320. The molecule has 1 aliphatic heterocycles. The Morgan fingerprint density at radius 3 is 1.40 bits per heavy atom. The number of hydrogen-bond donors (Lipinski definition) is 1. The van der Waals surface area contributed by atoms with Gasteiger partial charge < -0.3 is 19.3 Å². The predicted molar refractivity (Wildman–Crippen MR) is 192 cm³/mol. The summed E-state index contributed by atoms with van der Waals surface area (Å²) in [6.45, 7) is 18.8. The molecule has 9 heteroatoms. The molecular formula is C38H55N5O4. The van der Waals surface area contributed by atoms with Gasteiger partial charge in [-0.25, -0.2) is 0 Å². The molecule has 2 unspecified atom stereocenters. The number of benzene rings is 2. The van der Waals surface area contributed by atoms with E-state index in [4.69, 9.17) is 19.5 Å². The van der Waals surface area contributed by atoms with Crippen LogP contribution in [0.25, 0.3) is 0 Å². The highest BCUT2D eigenvalue weighted by atomic mass is 16.5. The van der Waals surface area contributed by atoms with Crippen molar-refractivity contribution in [3.63, 3.8) is 0 Å². The standard InChI is InChI=1S/C38H55N5O4/c1-9-42(10-2)23-15-17-27(5)39-35(29-19-13-21-31(25-29)46-7)33-34(38(45)41-37(33)44)36(30-20-14-22-32(26-30)47-8)40-28(6)18-16-24-43(11-3)12-4/h13-14,19-22,25-28H,9-12,15-18,23-24H2,1-8H3,(H,41,44,45). The van der Waals surface area contributed by atoms with Gasteiger partial charge in [-0.05, 0) is 103 Å². The molecule has 1 heterocycles. The zero-order valence-electron chi connectivity index (χ0n) is 29.8. The zero-order valence-corrected chi connectivity index (χ0v) is 29.8. The van der Waals surface area contributed by atoms with Gasteiger partial charge in [0.2, 0.25) is 0 Å². The minimum atomic E-state index is -0.480. The first kappa shape index (κ1) is 37.6. The van der Waals surface area contributed by atoms with Crippen molar-refractivity contribution in [1.29, 1.82) is 0 Å². The number of nitrogens with one attached hydrogen (secondary N) is 1. The third kappa shape index (κ3) is 10.6. The highest BCUT2D eigenvalue weighted by Gasteiger charge is 2.37. The molecule has 2 atom stereocenters. The molecule has 256 valence electrons. The summed E-state index contributed by atoms with van der Waals surface area (Å²) in [6, 6.07) is 14.8. The van der Waals surface area contributed by atoms with Gasteiger partial charge in [0, 0.05) is 23.2 Å². The van der Waals surface area contributed by atoms with Crippen LogP contribution in [0, 0.1) is 0 Å². The van der Waals surface area contributed by atoms with E-state index in [2.05, 4.69) is 56.7 Å². The molecule has 0 fully saturated rings. The third-order valence-corrected chi connectivity index (χ3v) is 8.77. The van der Waals surface area contributed by atoms with Crippen LogP contribution in [0.15, 0.2) is 69.7 Å². The highest BCUT2D eigenvalue weighted by molar-refractivity contribution is 6.46. The van der Waals surface area contributed by atoms with Crippen molar-refractivity contribution in [3.05, 3.63) is 70.8 Å². The maximum Gasteiger partial charge on any atom is 0.261 e. The van der Waals surface area contributed by atoms with Gasteiger partial charge in [-0.3, -0.25) is 24.9 Å². The maximum atomic E-state index is 13.8. The minimum Gasteiger partial charge on any atom is -0.497 e. The van der Waals surface area contributed by atoms with Crippen molar-refractivity contribution in [1.82, 2.24) is 15.1 Å². The Hall–Kier alpha value is -3.82. The van der Waals surface area contributed by atoms with E-state index in [1.807, 2.05) is 48.5 Å². The number of ether oxygens (including phenoxy) is 2. The van der Waals surface area contributed by atoms with Gasteiger partial charge in [0.05, 0.1) is 36.8 Å². The lowest BCUT2D eigenvalue weighted by Crippen LogP contribution is -2.26. The average Bonchev–Trinajstić information content (AvgIpc) is 3.38. The summed E-state index contributed by atoms with van der Waals surface area (Å²) in [5.41, 5.74) is 2.79. The average molecular weight is 646 g/mol. The minimum absolute atomic E-state index is 0.0970. The molecule has 1 N–H and O–H groups in total. The van der Waals surface area contributed by atoms with Crippen molar-refractivity contribution in [3.8, 4) is 11.5 Å². The summed E-state index contributed by atoms with van der Waals surface area (Å²) in [5.74, 6) is 0.318. The molecule has 9 nitrogen and oxygen atoms in total. The number of imide groups is 1. The van der Waals surface area contributed by atoms with Crippen molar-refractivity contribution < 1.29 is 19.1 Å². The van der Waals surface area contributed by atoms with Gasteiger partial charge >= 0.3 is 0 Å². The van der Waals surface area contributed by atoms with Crippen molar-refractivity contribution >= 4 is 23.2 Å². The monoisotopic (exact) mass is 645 g/mol. The highest BCUT2D eigenvalue weighted by Crippen LogP contribution is 2.28. The second-order valence-electron chi connectivity index (χ2n) is 12.0. The predicted octanol–water partition coefficient (Wildman–Crippen LogP) is 5.96. The maximum absolute atomic E-state index is 13.8. The molecule has 0 aliphatic carbocycles. The Morgan fingerprint density at radius 1 is 0.681 bits per heavy atom. The quantitative estimate of drug-likeness (QED) is 0.141. The number of nitrogens with zero attached hydrogens (tertiary/aromatic N) is 4. The van der Waals surface area contributed by atoms with Gasteiger partial charge in [0.1, 0.15) is 11.5 Å². The van der Waals surface area contributed by atoms with E-state index in [1.54, 1.807) is 14.2 Å². The summed E-state index contributed by atoms with van der Waals surface area (Å²) in [4.78, 5) is 42.7. The third-order valence-electron chi connectivity index (χ3n) is 8.77. The first-order chi connectivity index (χ1) is 22.7. The molecule has 2 aromatic carbocycles. The molecule has 2 aromatic rings. The zero-order chi connectivity index (χ0) is 34.3. The first-order valence-corrected chi connectivity index (χ1v) is 17.2. The fourth-order valence-electron chi connectivity index (χ4n) is 5.88. The fraction of sp³-hybridized carbons (Fsp3) is 0.526. The van der Waals surface area contributed by atoms with E-state index in [0.29, 0.717) is 34.0 Å². The van der Waals surface area contributed by atoms with Crippen molar-refractivity contribution in [2.75, 3.05) is 53.5 Å². The van der Waals surface area contributed by atoms with Crippen molar-refractivity contribution in [2.45, 2.75) is 79.3 Å². The van der Waals surface area contributed by atoms with Crippen LogP contribution in [-0.2, 0) is 9.59 Å². The Kier molecular flexibility index (Phi) is 15.3. The molecule has 0 spiro atoms. The molecule has 0 saturated heterocycles. The number of carbonyl (C=O) groups excluding carboxylic acids is 2. The molecular weight excluding hydrogens is 590 g/mol. The molecule has 2 amide bonds. The molecule has 0 radical (unpaired) electrons. The summed E-state index contributed by atoms with van der Waals surface area (Å²) < 4.78 is 11.1. The van der Waals surface area contributed by atoms with Crippen LogP contribution in [0.4, 0.5) is 0 Å². The van der Waals surface area contributed by atoms with Gasteiger partial charge in [0.15, 0.2) is 0 Å². The van der Waals surface area contributed by atoms with Crippen molar-refractivity contribution in [2.24, 2.45) is 9.98 Å². The Labute approximate surface area is 282 Å². The number of aliphatic imine (C=N–C) groups is 2. The number of hydrogen-bond acceptors (Lipinski definition) is 8. The molecule has 47 heavy (non-hydrogen) atoms.